The molecule has 0 spiro atoms. The van der Waals surface area contributed by atoms with Crippen LogP contribution in [0.1, 0.15) is 15.9 Å². The summed E-state index contributed by atoms with van der Waals surface area (Å²) in [6, 6.07) is 10.5. The molecule has 1 saturated heterocycles. The molecule has 0 unspecified atom stereocenters. The summed E-state index contributed by atoms with van der Waals surface area (Å²) in [4.78, 5) is 24.2. The number of hydrogen-bond donors (Lipinski definition) is 6. The minimum absolute atomic E-state index is 0.395. The molecule has 0 aliphatic carbocycles. The number of hydrogen-bond acceptors (Lipinski definition) is 11. The predicted molar refractivity (Wildman–Crippen MR) is 110 cm³/mol. The molecular formula is C22H22O11. The minimum atomic E-state index is -1.85. The number of carbonyl (C=O) groups excluding carboxylic acids is 2. The molecule has 3 rings (SSSR count). The van der Waals surface area contributed by atoms with Crippen molar-refractivity contribution in [3.8, 4) is 17.2 Å². The van der Waals surface area contributed by atoms with Crippen LogP contribution < -0.4 is 0 Å². The molecule has 0 amide bonds. The Bertz CT molecular complexity index is 997. The second-order valence-corrected chi connectivity index (χ2v) is 7.16. The molecule has 2 aromatic rings. The van der Waals surface area contributed by atoms with E-state index >= 15 is 0 Å². The number of benzene rings is 2. The first-order chi connectivity index (χ1) is 15.7. The van der Waals surface area contributed by atoms with Crippen LogP contribution in [-0.2, 0) is 19.0 Å². The fraction of sp³-hybridized carbons (Fsp3) is 0.273. The molecule has 1 aliphatic rings. The Morgan fingerprint density at radius 1 is 0.939 bits per heavy atom. The summed E-state index contributed by atoms with van der Waals surface area (Å²) in [5.41, 5.74) is 0.355. The van der Waals surface area contributed by atoms with E-state index in [-0.39, 0.29) is 0 Å². The quantitative estimate of drug-likeness (QED) is 0.193. The first-order valence-corrected chi connectivity index (χ1v) is 9.73. The predicted octanol–water partition coefficient (Wildman–Crippen LogP) is 0.0244. The van der Waals surface area contributed by atoms with Crippen molar-refractivity contribution >= 4 is 18.0 Å². The summed E-state index contributed by atoms with van der Waals surface area (Å²) in [7, 11) is 0. The van der Waals surface area contributed by atoms with Crippen LogP contribution in [0.3, 0.4) is 0 Å². The molecule has 0 aromatic heterocycles. The maximum Gasteiger partial charge on any atom is 0.340 e. The van der Waals surface area contributed by atoms with Crippen molar-refractivity contribution in [3.63, 3.8) is 0 Å². The Balaban J connectivity index is 1.62. The highest BCUT2D eigenvalue weighted by Crippen LogP contribution is 2.36. The van der Waals surface area contributed by atoms with Crippen molar-refractivity contribution in [1.29, 1.82) is 0 Å². The van der Waals surface area contributed by atoms with E-state index in [0.717, 1.165) is 23.8 Å². The summed E-state index contributed by atoms with van der Waals surface area (Å²) in [6.45, 7) is -0.530. The normalized spacial score (nSPS) is 25.0. The topological polar surface area (TPSA) is 183 Å². The van der Waals surface area contributed by atoms with E-state index in [1.165, 1.54) is 6.08 Å². The summed E-state index contributed by atoms with van der Waals surface area (Å²) in [5.74, 6) is -4.39. The summed E-state index contributed by atoms with van der Waals surface area (Å²) >= 11 is 0. The average Bonchev–Trinajstić information content (AvgIpc) is 2.81. The van der Waals surface area contributed by atoms with Crippen molar-refractivity contribution < 1.29 is 54.4 Å². The molecule has 0 saturated carbocycles. The van der Waals surface area contributed by atoms with Crippen LogP contribution in [0.15, 0.2) is 48.5 Å². The molecule has 1 aliphatic heterocycles. The van der Waals surface area contributed by atoms with Gasteiger partial charge in [-0.15, -0.1) is 0 Å². The lowest BCUT2D eigenvalue weighted by Crippen LogP contribution is -2.59. The van der Waals surface area contributed by atoms with Gasteiger partial charge in [0.2, 0.25) is 6.29 Å². The van der Waals surface area contributed by atoms with Crippen LogP contribution in [-0.4, -0.2) is 79.9 Å². The summed E-state index contributed by atoms with van der Waals surface area (Å²) in [5, 5.41) is 58.7. The van der Waals surface area contributed by atoms with E-state index < -0.39 is 72.1 Å². The Morgan fingerprint density at radius 2 is 1.58 bits per heavy atom. The third-order valence-electron chi connectivity index (χ3n) is 4.80. The lowest BCUT2D eigenvalue weighted by atomic mass is 9.99. The van der Waals surface area contributed by atoms with E-state index in [1.807, 2.05) is 6.07 Å². The fourth-order valence-corrected chi connectivity index (χ4v) is 2.99. The monoisotopic (exact) mass is 462 g/mol. The van der Waals surface area contributed by atoms with Crippen molar-refractivity contribution in [3.05, 3.63) is 59.7 Å². The maximum absolute atomic E-state index is 12.3. The summed E-state index contributed by atoms with van der Waals surface area (Å²) < 4.78 is 15.3. The largest absolute Gasteiger partial charge is 0.504 e. The second kappa shape index (κ2) is 10.3. The van der Waals surface area contributed by atoms with Gasteiger partial charge in [0.05, 0.1) is 5.56 Å². The van der Waals surface area contributed by atoms with Crippen molar-refractivity contribution in [2.24, 2.45) is 0 Å². The molecule has 33 heavy (non-hydrogen) atoms. The Hall–Kier alpha value is -3.64. The van der Waals surface area contributed by atoms with E-state index in [4.69, 9.17) is 14.2 Å². The molecule has 2 aromatic carbocycles. The van der Waals surface area contributed by atoms with Crippen LogP contribution in [0.4, 0.5) is 0 Å². The van der Waals surface area contributed by atoms with Gasteiger partial charge in [-0.05, 0) is 23.8 Å². The Morgan fingerprint density at radius 3 is 2.21 bits per heavy atom. The van der Waals surface area contributed by atoms with Crippen LogP contribution in [0.25, 0.3) is 6.08 Å². The van der Waals surface area contributed by atoms with Gasteiger partial charge in [-0.3, -0.25) is 0 Å². The van der Waals surface area contributed by atoms with E-state index in [9.17, 15) is 40.2 Å². The zero-order valence-electron chi connectivity index (χ0n) is 17.0. The van der Waals surface area contributed by atoms with Gasteiger partial charge in [0, 0.05) is 6.08 Å². The van der Waals surface area contributed by atoms with Gasteiger partial charge in [0.25, 0.3) is 0 Å². The number of rotatable bonds is 6. The molecule has 0 radical (unpaired) electrons. The molecule has 6 N–H and O–H groups in total. The molecule has 11 nitrogen and oxygen atoms in total. The zero-order valence-corrected chi connectivity index (χ0v) is 17.0. The molecule has 0 bridgehead atoms. The fourth-order valence-electron chi connectivity index (χ4n) is 2.99. The van der Waals surface area contributed by atoms with E-state index in [1.54, 1.807) is 24.3 Å². The van der Waals surface area contributed by atoms with Crippen LogP contribution in [0.5, 0.6) is 17.2 Å². The molecule has 1 heterocycles. The van der Waals surface area contributed by atoms with Gasteiger partial charge >= 0.3 is 11.9 Å². The number of aromatic hydroxyl groups is 3. The molecule has 1 fully saturated rings. The molecule has 5 atom stereocenters. The van der Waals surface area contributed by atoms with E-state index in [0.29, 0.717) is 0 Å². The lowest BCUT2D eigenvalue weighted by molar-refractivity contribution is -0.285. The first-order valence-electron chi connectivity index (χ1n) is 9.73. The van der Waals surface area contributed by atoms with E-state index in [2.05, 4.69) is 0 Å². The highest BCUT2D eigenvalue weighted by molar-refractivity contribution is 5.91. The van der Waals surface area contributed by atoms with Crippen molar-refractivity contribution in [2.75, 3.05) is 6.61 Å². The van der Waals surface area contributed by atoms with Gasteiger partial charge in [0.1, 0.15) is 31.0 Å². The number of phenols is 3. The van der Waals surface area contributed by atoms with Crippen LogP contribution in [0, 0.1) is 0 Å². The van der Waals surface area contributed by atoms with Crippen molar-refractivity contribution in [1.82, 2.24) is 0 Å². The number of ether oxygens (including phenoxy) is 3. The van der Waals surface area contributed by atoms with Gasteiger partial charge in [0.15, 0.2) is 17.2 Å². The number of aliphatic hydroxyl groups excluding tert-OH is 3. The maximum atomic E-state index is 12.3. The van der Waals surface area contributed by atoms with Crippen LogP contribution in [0.2, 0.25) is 0 Å². The molecule has 176 valence electrons. The first kappa shape index (κ1) is 24.0. The van der Waals surface area contributed by atoms with Gasteiger partial charge in [-0.25, -0.2) is 9.59 Å². The smallest absolute Gasteiger partial charge is 0.340 e. The Kier molecular flexibility index (Phi) is 7.51. The van der Waals surface area contributed by atoms with Crippen LogP contribution >= 0.6 is 0 Å². The van der Waals surface area contributed by atoms with Gasteiger partial charge in [-0.2, -0.15) is 0 Å². The molecule has 11 heteroatoms. The van der Waals surface area contributed by atoms with Crippen molar-refractivity contribution in [2.45, 2.75) is 30.7 Å². The summed E-state index contributed by atoms with van der Waals surface area (Å²) in [6.07, 6.45) is -5.80. The highest BCUT2D eigenvalue weighted by Gasteiger charge is 2.46. The molecular weight excluding hydrogens is 440 g/mol. The van der Waals surface area contributed by atoms with Gasteiger partial charge in [-0.1, -0.05) is 30.3 Å². The number of esters is 2. The van der Waals surface area contributed by atoms with Gasteiger partial charge < -0.3 is 44.8 Å². The second-order valence-electron chi connectivity index (χ2n) is 7.16. The zero-order chi connectivity index (χ0) is 24.1. The third kappa shape index (κ3) is 5.79. The standard InChI is InChI=1S/C22H22O11/c23-13-8-12(9-14(24)17(13)26)21(30)33-22-20(29)19(28)18(27)15(32-22)10-31-16(25)7-6-11-4-2-1-3-5-11/h1-9,15,18-20,22-24,26-29H,10H2/b7-6+/t15-,18-,19+,20-,22+/m1/s1. The minimum Gasteiger partial charge on any atom is -0.504 e. The SMILES string of the molecule is O=C(/C=C/c1ccccc1)OC[C@H]1O[C@@H](OC(=O)c2cc(O)c(O)c(O)c2)[C@H](O)[C@@H](O)[C@@H]1O. The third-order valence-corrected chi connectivity index (χ3v) is 4.80. The Labute approximate surface area is 187 Å². The number of carbonyl (C=O) groups is 2. The number of aliphatic hydroxyl groups is 3. The lowest BCUT2D eigenvalue weighted by Gasteiger charge is -2.39. The highest BCUT2D eigenvalue weighted by atomic mass is 16.7. The average molecular weight is 462 g/mol. The number of phenolic OH excluding ortho intramolecular Hbond substituents is 3.